The number of esters is 1. The van der Waals surface area contributed by atoms with Crippen molar-refractivity contribution in [1.29, 1.82) is 0 Å². The maximum Gasteiger partial charge on any atom is 0.321 e. The summed E-state index contributed by atoms with van der Waals surface area (Å²) in [7, 11) is 2.19. The lowest BCUT2D eigenvalue weighted by Gasteiger charge is -2.33. The molecule has 1 saturated carbocycles. The molecule has 0 N–H and O–H groups in total. The van der Waals surface area contributed by atoms with E-state index in [0.29, 0.717) is 12.0 Å². The minimum absolute atomic E-state index is 0. The van der Waals surface area contributed by atoms with Gasteiger partial charge in [-0.1, -0.05) is 60.7 Å². The van der Waals surface area contributed by atoms with Crippen molar-refractivity contribution in [2.45, 2.75) is 43.7 Å². The summed E-state index contributed by atoms with van der Waals surface area (Å²) >= 11 is 0. The van der Waals surface area contributed by atoms with Crippen LogP contribution in [0.15, 0.2) is 60.7 Å². The van der Waals surface area contributed by atoms with E-state index in [1.807, 2.05) is 67.6 Å². The van der Waals surface area contributed by atoms with Gasteiger partial charge in [0.1, 0.15) is 11.5 Å². The molecule has 3 unspecified atom stereocenters. The van der Waals surface area contributed by atoms with Gasteiger partial charge >= 0.3 is 5.97 Å². The van der Waals surface area contributed by atoms with Gasteiger partial charge in [0.25, 0.3) is 0 Å². The van der Waals surface area contributed by atoms with Gasteiger partial charge in [-0.05, 0) is 50.3 Å². The first-order valence-electron chi connectivity index (χ1n) is 9.59. The van der Waals surface area contributed by atoms with E-state index in [0.717, 1.165) is 30.5 Å². The number of benzene rings is 2. The largest absolute Gasteiger partial charge is 0.461 e. The van der Waals surface area contributed by atoms with Crippen molar-refractivity contribution in [1.82, 2.24) is 4.90 Å². The monoisotopic (exact) mass is 385 g/mol. The SMILES string of the molecule is CN1CC2CC(OC(=O)C(C)(c3ccccc3)c3ccccc3)CC1C2.Cl. The molecule has 1 heterocycles. The first-order chi connectivity index (χ1) is 12.6. The molecule has 2 aromatic carbocycles. The van der Waals surface area contributed by atoms with Gasteiger partial charge in [0, 0.05) is 12.6 Å². The van der Waals surface area contributed by atoms with Crippen LogP contribution >= 0.6 is 12.4 Å². The second-order valence-electron chi connectivity index (χ2n) is 8.05. The van der Waals surface area contributed by atoms with Gasteiger partial charge in [-0.15, -0.1) is 12.4 Å². The molecule has 1 saturated heterocycles. The number of fused-ring (bicyclic) bond motifs is 2. The third-order valence-corrected chi connectivity index (χ3v) is 6.29. The summed E-state index contributed by atoms with van der Waals surface area (Å²) < 4.78 is 6.13. The van der Waals surface area contributed by atoms with Crippen LogP contribution in [0.4, 0.5) is 0 Å². The first-order valence-corrected chi connectivity index (χ1v) is 9.59. The lowest BCUT2D eigenvalue weighted by atomic mass is 9.76. The van der Waals surface area contributed by atoms with Gasteiger partial charge in [-0.25, -0.2) is 0 Å². The van der Waals surface area contributed by atoms with Crippen LogP contribution in [0.25, 0.3) is 0 Å². The Morgan fingerprint density at radius 3 is 2.04 bits per heavy atom. The Kier molecular flexibility index (Phi) is 5.92. The summed E-state index contributed by atoms with van der Waals surface area (Å²) in [5.41, 5.74) is 1.17. The Bertz CT molecular complexity index is 723. The van der Waals surface area contributed by atoms with Gasteiger partial charge in [0.2, 0.25) is 0 Å². The van der Waals surface area contributed by atoms with Gasteiger partial charge < -0.3 is 9.64 Å². The Morgan fingerprint density at radius 2 is 1.52 bits per heavy atom. The standard InChI is InChI=1S/C23H27NO2.ClH/c1-23(18-9-5-3-6-10-18,19-11-7-4-8-12-19)22(25)26-21-14-17-13-20(15-21)24(2)16-17;/h3-12,17,20-21H,13-16H2,1-2H3;1H. The highest BCUT2D eigenvalue weighted by molar-refractivity contribution is 5.87. The molecule has 2 fully saturated rings. The highest BCUT2D eigenvalue weighted by atomic mass is 35.5. The molecular formula is C23H28ClNO2. The normalized spacial score (nSPS) is 24.9. The molecule has 4 rings (SSSR count). The lowest BCUT2D eigenvalue weighted by Crippen LogP contribution is -2.40. The number of carbonyl (C=O) groups excluding carboxylic acids is 1. The van der Waals surface area contributed by atoms with E-state index in [4.69, 9.17) is 4.74 Å². The number of rotatable bonds is 4. The van der Waals surface area contributed by atoms with Crippen molar-refractivity contribution in [2.75, 3.05) is 13.6 Å². The fraction of sp³-hybridized carbons (Fsp3) is 0.435. The second-order valence-corrected chi connectivity index (χ2v) is 8.05. The number of ether oxygens (including phenoxy) is 1. The molecule has 27 heavy (non-hydrogen) atoms. The zero-order valence-electron chi connectivity index (χ0n) is 16.0. The van der Waals surface area contributed by atoms with E-state index in [2.05, 4.69) is 11.9 Å². The summed E-state index contributed by atoms with van der Waals surface area (Å²) in [4.78, 5) is 15.8. The molecule has 2 aromatic rings. The second kappa shape index (κ2) is 8.04. The van der Waals surface area contributed by atoms with Crippen molar-refractivity contribution in [3.63, 3.8) is 0 Å². The van der Waals surface area contributed by atoms with Gasteiger partial charge in [-0.3, -0.25) is 4.79 Å². The zero-order chi connectivity index (χ0) is 18.1. The minimum Gasteiger partial charge on any atom is -0.461 e. The van der Waals surface area contributed by atoms with Crippen LogP contribution < -0.4 is 0 Å². The highest BCUT2D eigenvalue weighted by Gasteiger charge is 2.43. The summed E-state index contributed by atoms with van der Waals surface area (Å²) in [5, 5.41) is 0. The predicted molar refractivity (Wildman–Crippen MR) is 110 cm³/mol. The Morgan fingerprint density at radius 1 is 0.963 bits per heavy atom. The Labute approximate surface area is 168 Å². The number of hydrogen-bond donors (Lipinski definition) is 0. The number of hydrogen-bond acceptors (Lipinski definition) is 3. The number of halogens is 1. The van der Waals surface area contributed by atoms with Crippen molar-refractivity contribution >= 4 is 18.4 Å². The molecule has 2 bridgehead atoms. The molecule has 0 amide bonds. The van der Waals surface area contributed by atoms with E-state index >= 15 is 0 Å². The molecule has 0 aromatic heterocycles. The summed E-state index contributed by atoms with van der Waals surface area (Å²) in [6.45, 7) is 3.12. The molecule has 0 radical (unpaired) electrons. The summed E-state index contributed by atoms with van der Waals surface area (Å²) in [6, 6.07) is 20.5. The topological polar surface area (TPSA) is 29.5 Å². The molecule has 3 atom stereocenters. The maximum atomic E-state index is 13.4. The fourth-order valence-electron chi connectivity index (χ4n) is 4.72. The van der Waals surface area contributed by atoms with Crippen LogP contribution in [0.3, 0.4) is 0 Å². The van der Waals surface area contributed by atoms with Gasteiger partial charge in [-0.2, -0.15) is 0 Å². The van der Waals surface area contributed by atoms with Crippen LogP contribution in [-0.4, -0.2) is 36.6 Å². The molecule has 4 heteroatoms. The van der Waals surface area contributed by atoms with E-state index in [1.165, 1.54) is 6.42 Å². The van der Waals surface area contributed by atoms with Crippen LogP contribution in [-0.2, 0) is 14.9 Å². The summed E-state index contributed by atoms with van der Waals surface area (Å²) in [6.07, 6.45) is 3.23. The number of likely N-dealkylation sites (tertiary alicyclic amines) is 1. The smallest absolute Gasteiger partial charge is 0.321 e. The predicted octanol–water partition coefficient (Wildman–Crippen LogP) is 4.44. The summed E-state index contributed by atoms with van der Waals surface area (Å²) in [5.74, 6) is 0.528. The molecule has 144 valence electrons. The third-order valence-electron chi connectivity index (χ3n) is 6.29. The number of carbonyl (C=O) groups is 1. The van der Waals surface area contributed by atoms with Crippen molar-refractivity contribution in [3.8, 4) is 0 Å². The first kappa shape index (κ1) is 19.9. The average molecular weight is 386 g/mol. The minimum atomic E-state index is -0.787. The maximum absolute atomic E-state index is 13.4. The third kappa shape index (κ3) is 3.76. The van der Waals surface area contributed by atoms with Crippen LogP contribution in [0.2, 0.25) is 0 Å². The van der Waals surface area contributed by atoms with Crippen LogP contribution in [0, 0.1) is 5.92 Å². The van der Waals surface area contributed by atoms with Crippen molar-refractivity contribution in [2.24, 2.45) is 5.92 Å². The lowest BCUT2D eigenvalue weighted by molar-refractivity contribution is -0.156. The van der Waals surface area contributed by atoms with E-state index in [-0.39, 0.29) is 24.5 Å². The van der Waals surface area contributed by atoms with E-state index in [1.54, 1.807) is 0 Å². The molecule has 3 nitrogen and oxygen atoms in total. The number of nitrogens with zero attached hydrogens (tertiary/aromatic N) is 1. The average Bonchev–Trinajstić information content (AvgIpc) is 2.94. The van der Waals surface area contributed by atoms with Crippen molar-refractivity contribution < 1.29 is 9.53 Å². The van der Waals surface area contributed by atoms with Gasteiger partial charge in [0.05, 0.1) is 0 Å². The quantitative estimate of drug-likeness (QED) is 0.728. The Balaban J connectivity index is 0.00000210. The van der Waals surface area contributed by atoms with Crippen LogP contribution in [0.5, 0.6) is 0 Å². The molecule has 1 aliphatic heterocycles. The van der Waals surface area contributed by atoms with E-state index in [9.17, 15) is 4.79 Å². The molecular weight excluding hydrogens is 358 g/mol. The van der Waals surface area contributed by atoms with E-state index < -0.39 is 5.41 Å². The molecule has 2 aliphatic rings. The highest BCUT2D eigenvalue weighted by Crippen LogP contribution is 2.38. The zero-order valence-corrected chi connectivity index (χ0v) is 16.8. The van der Waals surface area contributed by atoms with Crippen molar-refractivity contribution in [3.05, 3.63) is 71.8 Å². The fourth-order valence-corrected chi connectivity index (χ4v) is 4.72. The van der Waals surface area contributed by atoms with Gasteiger partial charge in [0.15, 0.2) is 0 Å². The van der Waals surface area contributed by atoms with Crippen LogP contribution in [0.1, 0.15) is 37.3 Å². The Hall–Kier alpha value is -1.84. The molecule has 1 aliphatic carbocycles. The molecule has 0 spiro atoms.